The van der Waals surface area contributed by atoms with E-state index in [0.717, 1.165) is 51.9 Å². The van der Waals surface area contributed by atoms with E-state index >= 15 is 0 Å². The number of benzene rings is 1. The molecule has 1 fully saturated rings. The first-order chi connectivity index (χ1) is 12.1. The number of morpholine rings is 1. The SMILES string of the molecule is CN=C(NCc1ccc(C)cc1SC)NCC(C)CN1CCOCC1. The molecular formula is C19H32N4OS. The zero-order valence-electron chi connectivity index (χ0n) is 16.0. The van der Waals surface area contributed by atoms with Gasteiger partial charge in [0.05, 0.1) is 13.2 Å². The Morgan fingerprint density at radius 3 is 2.76 bits per heavy atom. The highest BCUT2D eigenvalue weighted by Crippen LogP contribution is 2.21. The van der Waals surface area contributed by atoms with Crippen molar-refractivity contribution in [3.63, 3.8) is 0 Å². The van der Waals surface area contributed by atoms with E-state index < -0.39 is 0 Å². The maximum atomic E-state index is 5.41. The van der Waals surface area contributed by atoms with E-state index in [1.54, 1.807) is 11.8 Å². The summed E-state index contributed by atoms with van der Waals surface area (Å²) in [5.74, 6) is 1.43. The van der Waals surface area contributed by atoms with Gasteiger partial charge in [0.1, 0.15) is 0 Å². The molecule has 6 heteroatoms. The van der Waals surface area contributed by atoms with Crippen LogP contribution in [0.5, 0.6) is 0 Å². The highest BCUT2D eigenvalue weighted by Gasteiger charge is 2.14. The minimum Gasteiger partial charge on any atom is -0.379 e. The Balaban J connectivity index is 1.76. The van der Waals surface area contributed by atoms with Crippen LogP contribution in [-0.2, 0) is 11.3 Å². The number of hydrogen-bond donors (Lipinski definition) is 2. The van der Waals surface area contributed by atoms with Crippen LogP contribution in [-0.4, -0.2) is 63.6 Å². The summed E-state index contributed by atoms with van der Waals surface area (Å²) in [4.78, 5) is 8.15. The van der Waals surface area contributed by atoms with Crippen LogP contribution < -0.4 is 10.6 Å². The molecule has 0 aliphatic carbocycles. The minimum atomic E-state index is 0.567. The van der Waals surface area contributed by atoms with Gasteiger partial charge in [0.2, 0.25) is 0 Å². The number of guanidine groups is 1. The molecule has 0 amide bonds. The molecule has 2 rings (SSSR count). The van der Waals surface area contributed by atoms with Gasteiger partial charge in [-0.1, -0.05) is 19.1 Å². The molecule has 1 aliphatic heterocycles. The first-order valence-electron chi connectivity index (χ1n) is 9.00. The molecule has 1 atom stereocenters. The number of nitrogens with one attached hydrogen (secondary N) is 2. The van der Waals surface area contributed by atoms with Crippen molar-refractivity contribution in [2.24, 2.45) is 10.9 Å². The molecule has 2 N–H and O–H groups in total. The molecule has 0 aromatic heterocycles. The van der Waals surface area contributed by atoms with E-state index in [2.05, 4.69) is 58.8 Å². The van der Waals surface area contributed by atoms with Crippen molar-refractivity contribution in [1.82, 2.24) is 15.5 Å². The molecule has 1 heterocycles. The average Bonchev–Trinajstić information content (AvgIpc) is 2.63. The topological polar surface area (TPSA) is 48.9 Å². The van der Waals surface area contributed by atoms with Crippen LogP contribution in [0, 0.1) is 12.8 Å². The average molecular weight is 365 g/mol. The predicted molar refractivity (Wildman–Crippen MR) is 108 cm³/mol. The molecule has 1 aromatic rings. The fraction of sp³-hybridized carbons (Fsp3) is 0.632. The van der Waals surface area contributed by atoms with Crippen molar-refractivity contribution in [2.45, 2.75) is 25.3 Å². The fourth-order valence-electron chi connectivity index (χ4n) is 2.96. The molecule has 0 spiro atoms. The van der Waals surface area contributed by atoms with Crippen LogP contribution in [0.2, 0.25) is 0 Å². The summed E-state index contributed by atoms with van der Waals surface area (Å²) in [6.07, 6.45) is 2.12. The van der Waals surface area contributed by atoms with Crippen molar-refractivity contribution in [3.05, 3.63) is 29.3 Å². The van der Waals surface area contributed by atoms with Gasteiger partial charge in [0.25, 0.3) is 0 Å². The Bertz CT molecular complexity index is 558. The lowest BCUT2D eigenvalue weighted by molar-refractivity contribution is 0.0320. The summed E-state index contributed by atoms with van der Waals surface area (Å²) in [5.41, 5.74) is 2.61. The van der Waals surface area contributed by atoms with Crippen molar-refractivity contribution in [3.8, 4) is 0 Å². The van der Waals surface area contributed by atoms with Crippen LogP contribution in [0.15, 0.2) is 28.1 Å². The molecule has 1 unspecified atom stereocenters. The Kier molecular flexibility index (Phi) is 8.58. The Morgan fingerprint density at radius 1 is 1.32 bits per heavy atom. The van der Waals surface area contributed by atoms with Crippen molar-refractivity contribution in [1.29, 1.82) is 0 Å². The van der Waals surface area contributed by atoms with Crippen LogP contribution in [0.1, 0.15) is 18.1 Å². The molecule has 5 nitrogen and oxygen atoms in total. The van der Waals surface area contributed by atoms with Gasteiger partial charge in [-0.05, 0) is 36.3 Å². The number of thioether (sulfide) groups is 1. The number of aryl methyl sites for hydroxylation is 1. The second kappa shape index (κ2) is 10.7. The minimum absolute atomic E-state index is 0.567. The molecule has 0 radical (unpaired) electrons. The van der Waals surface area contributed by atoms with Gasteiger partial charge in [-0.25, -0.2) is 0 Å². The molecule has 0 bridgehead atoms. The van der Waals surface area contributed by atoms with Crippen LogP contribution >= 0.6 is 11.8 Å². The molecule has 0 saturated carbocycles. The summed E-state index contributed by atoms with van der Waals surface area (Å²) in [6, 6.07) is 6.60. The molecule has 1 aromatic carbocycles. The van der Waals surface area contributed by atoms with Gasteiger partial charge in [-0.2, -0.15) is 0 Å². The third-order valence-electron chi connectivity index (χ3n) is 4.40. The van der Waals surface area contributed by atoms with E-state index in [1.165, 1.54) is 16.0 Å². The van der Waals surface area contributed by atoms with Gasteiger partial charge in [0.15, 0.2) is 5.96 Å². The van der Waals surface area contributed by atoms with Gasteiger partial charge in [-0.3, -0.25) is 9.89 Å². The quantitative estimate of drug-likeness (QED) is 0.442. The van der Waals surface area contributed by atoms with Crippen LogP contribution in [0.25, 0.3) is 0 Å². The second-order valence-electron chi connectivity index (χ2n) is 6.64. The van der Waals surface area contributed by atoms with Crippen LogP contribution in [0.3, 0.4) is 0 Å². The van der Waals surface area contributed by atoms with Gasteiger partial charge in [-0.15, -0.1) is 11.8 Å². The number of ether oxygens (including phenoxy) is 1. The maximum Gasteiger partial charge on any atom is 0.191 e. The third kappa shape index (κ3) is 6.88. The second-order valence-corrected chi connectivity index (χ2v) is 7.49. The van der Waals surface area contributed by atoms with E-state index in [9.17, 15) is 0 Å². The number of hydrogen-bond acceptors (Lipinski definition) is 4. The molecule has 25 heavy (non-hydrogen) atoms. The summed E-state index contributed by atoms with van der Waals surface area (Å²) in [5, 5.41) is 6.88. The van der Waals surface area contributed by atoms with Gasteiger partial charge < -0.3 is 15.4 Å². The normalized spacial score (nSPS) is 17.4. The van der Waals surface area contributed by atoms with E-state index in [0.29, 0.717) is 5.92 Å². The zero-order valence-corrected chi connectivity index (χ0v) is 16.8. The summed E-state index contributed by atoms with van der Waals surface area (Å²) >= 11 is 1.79. The molecule has 1 aliphatic rings. The van der Waals surface area contributed by atoms with Crippen molar-refractivity contribution < 1.29 is 4.74 Å². The van der Waals surface area contributed by atoms with E-state index in [4.69, 9.17) is 4.74 Å². The zero-order chi connectivity index (χ0) is 18.1. The highest BCUT2D eigenvalue weighted by atomic mass is 32.2. The summed E-state index contributed by atoms with van der Waals surface area (Å²) in [6.45, 7) is 11.0. The molecule has 140 valence electrons. The van der Waals surface area contributed by atoms with E-state index in [-0.39, 0.29) is 0 Å². The largest absolute Gasteiger partial charge is 0.379 e. The lowest BCUT2D eigenvalue weighted by atomic mass is 10.1. The number of rotatable bonds is 7. The first-order valence-corrected chi connectivity index (χ1v) is 10.2. The Hall–Kier alpha value is -1.24. The molecular weight excluding hydrogens is 332 g/mol. The van der Waals surface area contributed by atoms with Gasteiger partial charge in [0, 0.05) is 44.7 Å². The predicted octanol–water partition coefficient (Wildman–Crippen LogP) is 2.35. The maximum absolute atomic E-state index is 5.41. The first kappa shape index (κ1) is 20.1. The number of aliphatic imine (C=N–C) groups is 1. The lowest BCUT2D eigenvalue weighted by Crippen LogP contribution is -2.43. The number of nitrogens with zero attached hydrogens (tertiary/aromatic N) is 2. The summed E-state index contributed by atoms with van der Waals surface area (Å²) in [7, 11) is 1.83. The van der Waals surface area contributed by atoms with Crippen LogP contribution in [0.4, 0.5) is 0 Å². The monoisotopic (exact) mass is 364 g/mol. The standard InChI is InChI=1S/C19H32N4OS/c1-15-5-6-17(18(11-15)25-4)13-22-19(20-3)21-12-16(2)14-23-7-9-24-10-8-23/h5-6,11,16H,7-10,12-14H2,1-4H3,(H2,20,21,22). The third-order valence-corrected chi connectivity index (χ3v) is 5.22. The van der Waals surface area contributed by atoms with Gasteiger partial charge >= 0.3 is 0 Å². The van der Waals surface area contributed by atoms with Crippen molar-refractivity contribution in [2.75, 3.05) is 52.7 Å². The Morgan fingerprint density at radius 2 is 2.08 bits per heavy atom. The smallest absolute Gasteiger partial charge is 0.191 e. The molecule has 1 saturated heterocycles. The summed E-state index contributed by atoms with van der Waals surface area (Å²) < 4.78 is 5.41. The van der Waals surface area contributed by atoms with Crippen molar-refractivity contribution >= 4 is 17.7 Å². The van der Waals surface area contributed by atoms with E-state index in [1.807, 2.05) is 7.05 Å². The fourth-order valence-corrected chi connectivity index (χ4v) is 3.66. The Labute approximate surface area is 156 Å². The highest BCUT2D eigenvalue weighted by molar-refractivity contribution is 7.98. The lowest BCUT2D eigenvalue weighted by Gasteiger charge is -2.29.